The molecule has 1 atom stereocenters. The molecule has 4 nitrogen and oxygen atoms in total. The van der Waals surface area contributed by atoms with Crippen molar-refractivity contribution >= 4 is 9.84 Å². The fourth-order valence-electron chi connectivity index (χ4n) is 2.17. The average Bonchev–Trinajstić information content (AvgIpc) is 2.41. The first kappa shape index (κ1) is 17.0. The van der Waals surface area contributed by atoms with Crippen LogP contribution in [-0.2, 0) is 9.84 Å². The van der Waals surface area contributed by atoms with Gasteiger partial charge in [0.2, 0.25) is 0 Å². The Balaban J connectivity index is 2.69. The third-order valence-corrected chi connectivity index (χ3v) is 5.04. The molecular formula is C15H25NO3S. The molecule has 0 bridgehead atoms. The summed E-state index contributed by atoms with van der Waals surface area (Å²) in [6, 6.07) is 8.00. The van der Waals surface area contributed by atoms with E-state index in [1.807, 2.05) is 38.2 Å². The van der Waals surface area contributed by atoms with Gasteiger partial charge >= 0.3 is 0 Å². The summed E-state index contributed by atoms with van der Waals surface area (Å²) in [5, 5.41) is 3.24. The monoisotopic (exact) mass is 299 g/mol. The first-order valence-corrected chi connectivity index (χ1v) is 8.95. The standard InChI is InChI=1S/C15H25NO3S/c1-4-11-20(17,18)12-10-19-15-9-7-6-8-13(15)14(5-2)16-3/h6-9,14,16H,4-5,10-12H2,1-3H3. The van der Waals surface area contributed by atoms with Crippen molar-refractivity contribution in [1.82, 2.24) is 5.32 Å². The highest BCUT2D eigenvalue weighted by molar-refractivity contribution is 7.91. The highest BCUT2D eigenvalue weighted by Crippen LogP contribution is 2.26. The van der Waals surface area contributed by atoms with Gasteiger partial charge in [0.25, 0.3) is 0 Å². The van der Waals surface area contributed by atoms with Crippen LogP contribution in [0.1, 0.15) is 38.3 Å². The maximum absolute atomic E-state index is 11.7. The predicted molar refractivity (Wildman–Crippen MR) is 83.0 cm³/mol. The summed E-state index contributed by atoms with van der Waals surface area (Å²) < 4.78 is 29.0. The number of ether oxygens (including phenoxy) is 1. The normalized spacial score (nSPS) is 13.2. The van der Waals surface area contributed by atoms with Gasteiger partial charge in [0.05, 0.1) is 11.5 Å². The summed E-state index contributed by atoms with van der Waals surface area (Å²) >= 11 is 0. The molecule has 0 heterocycles. The number of benzene rings is 1. The lowest BCUT2D eigenvalue weighted by Crippen LogP contribution is -2.19. The Bertz CT molecular complexity index is 496. The summed E-state index contributed by atoms with van der Waals surface area (Å²) in [5.74, 6) is 1.07. The maximum Gasteiger partial charge on any atom is 0.153 e. The highest BCUT2D eigenvalue weighted by atomic mass is 32.2. The van der Waals surface area contributed by atoms with Crippen molar-refractivity contribution in [2.75, 3.05) is 25.2 Å². The molecular weight excluding hydrogens is 274 g/mol. The molecule has 0 saturated heterocycles. The van der Waals surface area contributed by atoms with Gasteiger partial charge in [-0.2, -0.15) is 0 Å². The smallest absolute Gasteiger partial charge is 0.153 e. The first-order chi connectivity index (χ1) is 9.54. The van der Waals surface area contributed by atoms with Gasteiger partial charge in [0.1, 0.15) is 12.4 Å². The van der Waals surface area contributed by atoms with Crippen LogP contribution in [0.15, 0.2) is 24.3 Å². The Morgan fingerprint density at radius 1 is 1.20 bits per heavy atom. The minimum atomic E-state index is -2.99. The van der Waals surface area contributed by atoms with E-state index in [1.54, 1.807) is 0 Å². The molecule has 1 N–H and O–H groups in total. The van der Waals surface area contributed by atoms with E-state index in [0.717, 1.165) is 17.7 Å². The largest absolute Gasteiger partial charge is 0.492 e. The zero-order valence-corrected chi connectivity index (χ0v) is 13.4. The number of hydrogen-bond acceptors (Lipinski definition) is 4. The summed E-state index contributed by atoms with van der Waals surface area (Å²) in [6.07, 6.45) is 1.60. The topological polar surface area (TPSA) is 55.4 Å². The van der Waals surface area contributed by atoms with Gasteiger partial charge in [-0.15, -0.1) is 0 Å². The minimum absolute atomic E-state index is 0.0749. The molecule has 0 spiro atoms. The van der Waals surface area contributed by atoms with Gasteiger partial charge in [-0.3, -0.25) is 0 Å². The molecule has 1 rings (SSSR count). The lowest BCUT2D eigenvalue weighted by molar-refractivity contribution is 0.332. The van der Waals surface area contributed by atoms with Crippen LogP contribution in [0.3, 0.4) is 0 Å². The molecule has 0 aliphatic rings. The van der Waals surface area contributed by atoms with Crippen molar-refractivity contribution in [3.8, 4) is 5.75 Å². The van der Waals surface area contributed by atoms with E-state index in [0.29, 0.717) is 6.42 Å². The molecule has 20 heavy (non-hydrogen) atoms. The zero-order chi connectivity index (χ0) is 15.0. The number of sulfone groups is 1. The van der Waals surface area contributed by atoms with Crippen molar-refractivity contribution in [1.29, 1.82) is 0 Å². The summed E-state index contributed by atoms with van der Waals surface area (Å²) in [6.45, 7) is 4.18. The lowest BCUT2D eigenvalue weighted by Gasteiger charge is -2.18. The average molecular weight is 299 g/mol. The van der Waals surface area contributed by atoms with E-state index in [2.05, 4.69) is 12.2 Å². The van der Waals surface area contributed by atoms with E-state index in [9.17, 15) is 8.42 Å². The van der Waals surface area contributed by atoms with Gasteiger partial charge in [-0.05, 0) is 26.0 Å². The van der Waals surface area contributed by atoms with Gasteiger partial charge in [0.15, 0.2) is 9.84 Å². The van der Waals surface area contributed by atoms with Crippen LogP contribution >= 0.6 is 0 Å². The number of rotatable bonds is 9. The Morgan fingerprint density at radius 3 is 2.50 bits per heavy atom. The van der Waals surface area contributed by atoms with Crippen molar-refractivity contribution in [3.63, 3.8) is 0 Å². The molecule has 0 amide bonds. The molecule has 0 fully saturated rings. The van der Waals surface area contributed by atoms with Crippen molar-refractivity contribution in [2.45, 2.75) is 32.7 Å². The van der Waals surface area contributed by atoms with Crippen molar-refractivity contribution in [2.24, 2.45) is 0 Å². The molecule has 0 saturated carbocycles. The van der Waals surface area contributed by atoms with Crippen molar-refractivity contribution in [3.05, 3.63) is 29.8 Å². The third kappa shape index (κ3) is 5.13. The van der Waals surface area contributed by atoms with Crippen LogP contribution in [0.5, 0.6) is 5.75 Å². The van der Waals surface area contributed by atoms with Gasteiger partial charge in [-0.1, -0.05) is 32.0 Å². The van der Waals surface area contributed by atoms with Crippen LogP contribution < -0.4 is 10.1 Å². The minimum Gasteiger partial charge on any atom is -0.492 e. The fraction of sp³-hybridized carbons (Fsp3) is 0.600. The van der Waals surface area contributed by atoms with E-state index < -0.39 is 9.84 Å². The number of hydrogen-bond donors (Lipinski definition) is 1. The second-order valence-corrected chi connectivity index (χ2v) is 7.09. The molecule has 1 aromatic carbocycles. The second-order valence-electron chi connectivity index (χ2n) is 4.79. The molecule has 0 aromatic heterocycles. The zero-order valence-electron chi connectivity index (χ0n) is 12.6. The maximum atomic E-state index is 11.7. The Morgan fingerprint density at radius 2 is 1.90 bits per heavy atom. The highest BCUT2D eigenvalue weighted by Gasteiger charge is 2.14. The Kier molecular flexibility index (Phi) is 7.02. The molecule has 1 aromatic rings. The van der Waals surface area contributed by atoms with E-state index in [1.165, 1.54) is 0 Å². The van der Waals surface area contributed by atoms with Crippen LogP contribution in [0, 0.1) is 0 Å². The van der Waals surface area contributed by atoms with Crippen molar-refractivity contribution < 1.29 is 13.2 Å². The van der Waals surface area contributed by atoms with E-state index in [4.69, 9.17) is 4.74 Å². The Hall–Kier alpha value is -1.07. The Labute approximate surface area is 122 Å². The molecule has 0 aliphatic carbocycles. The third-order valence-electron chi connectivity index (χ3n) is 3.22. The van der Waals surface area contributed by atoms with Crippen LogP contribution in [-0.4, -0.2) is 33.6 Å². The molecule has 5 heteroatoms. The molecule has 1 unspecified atom stereocenters. The second kappa shape index (κ2) is 8.27. The summed E-state index contributed by atoms with van der Waals surface area (Å²) in [4.78, 5) is 0. The number of para-hydroxylation sites is 1. The summed E-state index contributed by atoms with van der Waals surface area (Å²) in [5.41, 5.74) is 1.07. The van der Waals surface area contributed by atoms with Gasteiger partial charge in [-0.25, -0.2) is 8.42 Å². The van der Waals surface area contributed by atoms with Crippen LogP contribution in [0.2, 0.25) is 0 Å². The first-order valence-electron chi connectivity index (χ1n) is 7.13. The van der Waals surface area contributed by atoms with E-state index >= 15 is 0 Å². The van der Waals surface area contributed by atoms with Crippen LogP contribution in [0.4, 0.5) is 0 Å². The number of nitrogens with one attached hydrogen (secondary N) is 1. The van der Waals surface area contributed by atoms with Gasteiger partial charge < -0.3 is 10.1 Å². The van der Waals surface area contributed by atoms with E-state index in [-0.39, 0.29) is 24.2 Å². The quantitative estimate of drug-likeness (QED) is 0.761. The lowest BCUT2D eigenvalue weighted by atomic mass is 10.0. The predicted octanol–water partition coefficient (Wildman–Crippen LogP) is 2.56. The van der Waals surface area contributed by atoms with Crippen LogP contribution in [0.25, 0.3) is 0 Å². The molecule has 114 valence electrons. The summed E-state index contributed by atoms with van der Waals surface area (Å²) in [7, 11) is -1.07. The fourth-order valence-corrected chi connectivity index (χ4v) is 3.33. The van der Waals surface area contributed by atoms with Gasteiger partial charge in [0, 0.05) is 11.6 Å². The molecule has 0 aliphatic heterocycles. The molecule has 0 radical (unpaired) electrons. The SMILES string of the molecule is CCCS(=O)(=O)CCOc1ccccc1C(CC)NC.